The van der Waals surface area contributed by atoms with Gasteiger partial charge in [-0.3, -0.25) is 0 Å². The van der Waals surface area contributed by atoms with Gasteiger partial charge in [0.15, 0.2) is 0 Å². The lowest BCUT2D eigenvalue weighted by Gasteiger charge is -2.17. The van der Waals surface area contributed by atoms with Crippen molar-refractivity contribution < 1.29 is 4.74 Å². The SMILES string of the molecule is CC(NCCOC1CCCCCC1)C1CC1. The topological polar surface area (TPSA) is 21.3 Å². The molecule has 0 radical (unpaired) electrons. The first-order valence-electron chi connectivity index (χ1n) is 7.21. The van der Waals surface area contributed by atoms with E-state index in [0.29, 0.717) is 12.1 Å². The van der Waals surface area contributed by atoms with E-state index in [4.69, 9.17) is 4.74 Å². The van der Waals surface area contributed by atoms with Crippen LogP contribution in [0.2, 0.25) is 0 Å². The van der Waals surface area contributed by atoms with Crippen LogP contribution in [0.4, 0.5) is 0 Å². The monoisotopic (exact) mass is 225 g/mol. The Morgan fingerprint density at radius 2 is 1.75 bits per heavy atom. The van der Waals surface area contributed by atoms with Crippen molar-refractivity contribution >= 4 is 0 Å². The molecule has 2 nitrogen and oxygen atoms in total. The van der Waals surface area contributed by atoms with Gasteiger partial charge in [-0.2, -0.15) is 0 Å². The molecule has 94 valence electrons. The van der Waals surface area contributed by atoms with Crippen molar-refractivity contribution in [2.75, 3.05) is 13.2 Å². The van der Waals surface area contributed by atoms with Crippen LogP contribution in [0.3, 0.4) is 0 Å². The Bertz CT molecular complexity index is 183. The minimum absolute atomic E-state index is 0.556. The second-order valence-electron chi connectivity index (χ2n) is 5.56. The van der Waals surface area contributed by atoms with E-state index in [9.17, 15) is 0 Å². The highest BCUT2D eigenvalue weighted by Gasteiger charge is 2.27. The van der Waals surface area contributed by atoms with Crippen molar-refractivity contribution in [2.24, 2.45) is 5.92 Å². The van der Waals surface area contributed by atoms with Crippen molar-refractivity contribution in [2.45, 2.75) is 70.4 Å². The molecule has 2 aliphatic carbocycles. The number of nitrogens with one attached hydrogen (secondary N) is 1. The average molecular weight is 225 g/mol. The molecule has 0 aromatic rings. The highest BCUT2D eigenvalue weighted by molar-refractivity contribution is 4.82. The van der Waals surface area contributed by atoms with E-state index in [1.165, 1.54) is 51.4 Å². The van der Waals surface area contributed by atoms with E-state index in [1.807, 2.05) is 0 Å². The summed E-state index contributed by atoms with van der Waals surface area (Å²) in [6, 6.07) is 0.706. The van der Waals surface area contributed by atoms with E-state index in [2.05, 4.69) is 12.2 Å². The van der Waals surface area contributed by atoms with Gasteiger partial charge in [0.1, 0.15) is 0 Å². The van der Waals surface area contributed by atoms with Crippen LogP contribution in [0.1, 0.15) is 58.3 Å². The fourth-order valence-electron chi connectivity index (χ4n) is 2.68. The van der Waals surface area contributed by atoms with Gasteiger partial charge in [-0.05, 0) is 38.5 Å². The molecule has 0 aliphatic heterocycles. The molecular formula is C14H27NO. The van der Waals surface area contributed by atoms with E-state index in [-0.39, 0.29) is 0 Å². The smallest absolute Gasteiger partial charge is 0.0594 e. The lowest BCUT2D eigenvalue weighted by molar-refractivity contribution is 0.0440. The second kappa shape index (κ2) is 6.61. The third kappa shape index (κ3) is 4.42. The van der Waals surface area contributed by atoms with Gasteiger partial charge in [0.25, 0.3) is 0 Å². The van der Waals surface area contributed by atoms with Crippen molar-refractivity contribution in [1.29, 1.82) is 0 Å². The van der Waals surface area contributed by atoms with Crippen molar-refractivity contribution in [3.63, 3.8) is 0 Å². The molecular weight excluding hydrogens is 198 g/mol. The minimum atomic E-state index is 0.556. The molecule has 2 fully saturated rings. The largest absolute Gasteiger partial charge is 0.377 e. The quantitative estimate of drug-likeness (QED) is 0.554. The lowest BCUT2D eigenvalue weighted by Crippen LogP contribution is -2.32. The van der Waals surface area contributed by atoms with Crippen LogP contribution in [0.25, 0.3) is 0 Å². The Kier molecular flexibility index (Phi) is 5.11. The summed E-state index contributed by atoms with van der Waals surface area (Å²) in [5.41, 5.74) is 0. The first-order valence-corrected chi connectivity index (χ1v) is 7.21. The van der Waals surface area contributed by atoms with Crippen LogP contribution in [0, 0.1) is 5.92 Å². The van der Waals surface area contributed by atoms with E-state index in [0.717, 1.165) is 19.1 Å². The maximum atomic E-state index is 5.95. The zero-order valence-corrected chi connectivity index (χ0v) is 10.7. The molecule has 0 amide bonds. The third-order valence-electron chi connectivity index (χ3n) is 4.05. The highest BCUT2D eigenvalue weighted by Crippen LogP contribution is 2.32. The summed E-state index contributed by atoms with van der Waals surface area (Å²) in [5, 5.41) is 3.57. The molecule has 0 bridgehead atoms. The number of ether oxygens (including phenoxy) is 1. The second-order valence-corrected chi connectivity index (χ2v) is 5.56. The van der Waals surface area contributed by atoms with Gasteiger partial charge in [-0.25, -0.2) is 0 Å². The molecule has 1 unspecified atom stereocenters. The fourth-order valence-corrected chi connectivity index (χ4v) is 2.68. The van der Waals surface area contributed by atoms with Gasteiger partial charge >= 0.3 is 0 Å². The molecule has 1 N–H and O–H groups in total. The predicted octanol–water partition coefficient (Wildman–Crippen LogP) is 3.11. The van der Waals surface area contributed by atoms with Gasteiger partial charge in [0, 0.05) is 12.6 Å². The lowest BCUT2D eigenvalue weighted by atomic mass is 10.1. The van der Waals surface area contributed by atoms with Crippen LogP contribution in [-0.2, 0) is 4.74 Å². The Hall–Kier alpha value is -0.0800. The molecule has 16 heavy (non-hydrogen) atoms. The molecule has 2 rings (SSSR count). The van der Waals surface area contributed by atoms with Gasteiger partial charge in [-0.15, -0.1) is 0 Å². The Labute approximate surface area is 100 Å². The highest BCUT2D eigenvalue weighted by atomic mass is 16.5. The van der Waals surface area contributed by atoms with Gasteiger partial charge in [0.2, 0.25) is 0 Å². The first-order chi connectivity index (χ1) is 7.86. The fraction of sp³-hybridized carbons (Fsp3) is 1.00. The molecule has 1 atom stereocenters. The number of hydrogen-bond donors (Lipinski definition) is 1. The Balaban J connectivity index is 1.49. The van der Waals surface area contributed by atoms with Crippen LogP contribution in [0.15, 0.2) is 0 Å². The maximum Gasteiger partial charge on any atom is 0.0594 e. The Morgan fingerprint density at radius 1 is 1.06 bits per heavy atom. The summed E-state index contributed by atoms with van der Waals surface area (Å²) < 4.78 is 5.95. The summed E-state index contributed by atoms with van der Waals surface area (Å²) in [7, 11) is 0. The summed E-state index contributed by atoms with van der Waals surface area (Å²) in [6.07, 6.45) is 11.6. The third-order valence-corrected chi connectivity index (χ3v) is 4.05. The first kappa shape index (κ1) is 12.4. The molecule has 2 aliphatic rings. The molecule has 0 aromatic carbocycles. The number of rotatable bonds is 6. The number of hydrogen-bond acceptors (Lipinski definition) is 2. The van der Waals surface area contributed by atoms with Crippen molar-refractivity contribution in [1.82, 2.24) is 5.32 Å². The van der Waals surface area contributed by atoms with Gasteiger partial charge in [0.05, 0.1) is 12.7 Å². The van der Waals surface area contributed by atoms with Crippen molar-refractivity contribution in [3.05, 3.63) is 0 Å². The molecule has 2 saturated carbocycles. The molecule has 0 spiro atoms. The van der Waals surface area contributed by atoms with Crippen LogP contribution < -0.4 is 5.32 Å². The zero-order chi connectivity index (χ0) is 11.2. The summed E-state index contributed by atoms with van der Waals surface area (Å²) in [5.74, 6) is 0.956. The predicted molar refractivity (Wildman–Crippen MR) is 67.6 cm³/mol. The average Bonchev–Trinajstić information content (AvgIpc) is 3.10. The summed E-state index contributed by atoms with van der Waals surface area (Å²) in [4.78, 5) is 0. The van der Waals surface area contributed by atoms with Crippen LogP contribution in [0.5, 0.6) is 0 Å². The molecule has 0 saturated heterocycles. The molecule has 2 heteroatoms. The normalized spacial score (nSPS) is 25.3. The maximum absolute atomic E-state index is 5.95. The minimum Gasteiger partial charge on any atom is -0.377 e. The molecule has 0 heterocycles. The Morgan fingerprint density at radius 3 is 2.38 bits per heavy atom. The summed E-state index contributed by atoms with van der Waals surface area (Å²) >= 11 is 0. The standard InChI is InChI=1S/C14H27NO/c1-12(13-8-9-13)15-10-11-16-14-6-4-2-3-5-7-14/h12-15H,2-11H2,1H3. The van der Waals surface area contributed by atoms with E-state index < -0.39 is 0 Å². The molecule has 0 aromatic heterocycles. The van der Waals surface area contributed by atoms with E-state index >= 15 is 0 Å². The summed E-state index contributed by atoms with van der Waals surface area (Å²) in [6.45, 7) is 4.25. The van der Waals surface area contributed by atoms with Crippen molar-refractivity contribution in [3.8, 4) is 0 Å². The van der Waals surface area contributed by atoms with Gasteiger partial charge in [-0.1, -0.05) is 25.7 Å². The van der Waals surface area contributed by atoms with Crippen LogP contribution in [-0.4, -0.2) is 25.3 Å². The van der Waals surface area contributed by atoms with E-state index in [1.54, 1.807) is 0 Å². The van der Waals surface area contributed by atoms with Crippen LogP contribution >= 0.6 is 0 Å². The zero-order valence-electron chi connectivity index (χ0n) is 10.7. The van der Waals surface area contributed by atoms with Gasteiger partial charge < -0.3 is 10.1 Å².